The highest BCUT2D eigenvalue weighted by atomic mass is 79.9. The van der Waals surface area contributed by atoms with Crippen LogP contribution in [0.5, 0.6) is 0 Å². The van der Waals surface area contributed by atoms with Crippen molar-refractivity contribution >= 4 is 27.4 Å². The molecule has 5 nitrogen and oxygen atoms in total. The fraction of sp³-hybridized carbons (Fsp3) is 0.353. The number of hydrogen-bond acceptors (Lipinski definition) is 4. The molecule has 0 aliphatic carbocycles. The standard InChI is InChI=1S/C17H18BrN3O2/c1-20-17(23)15(18)14(11-19-20)21-9-7-13(8-10-21)16(22)12-5-3-2-4-6-12/h2-6,11,13H,7-10H2,1H3. The summed E-state index contributed by atoms with van der Waals surface area (Å²) in [4.78, 5) is 26.6. The molecule has 23 heavy (non-hydrogen) atoms. The van der Waals surface area contributed by atoms with Crippen molar-refractivity contribution in [3.05, 3.63) is 56.9 Å². The maximum absolute atomic E-state index is 12.5. The van der Waals surface area contributed by atoms with Crippen LogP contribution >= 0.6 is 15.9 Å². The first-order valence-corrected chi connectivity index (χ1v) is 8.43. The molecule has 0 amide bonds. The van der Waals surface area contributed by atoms with E-state index in [1.807, 2.05) is 30.3 Å². The van der Waals surface area contributed by atoms with Gasteiger partial charge in [0.15, 0.2) is 5.78 Å². The molecule has 1 aromatic heterocycles. The predicted molar refractivity (Wildman–Crippen MR) is 92.9 cm³/mol. The van der Waals surface area contributed by atoms with E-state index in [1.54, 1.807) is 13.2 Å². The molecule has 2 aromatic rings. The maximum atomic E-state index is 12.5. The zero-order valence-electron chi connectivity index (χ0n) is 12.9. The molecule has 0 unspecified atom stereocenters. The number of ketones is 1. The Bertz CT molecular complexity index is 765. The van der Waals surface area contributed by atoms with E-state index in [9.17, 15) is 9.59 Å². The van der Waals surface area contributed by atoms with Crippen LogP contribution in [0, 0.1) is 5.92 Å². The van der Waals surface area contributed by atoms with Crippen molar-refractivity contribution in [2.75, 3.05) is 18.0 Å². The summed E-state index contributed by atoms with van der Waals surface area (Å²) in [6, 6.07) is 9.45. The number of anilines is 1. The van der Waals surface area contributed by atoms with E-state index in [-0.39, 0.29) is 17.3 Å². The molecule has 1 fully saturated rings. The highest BCUT2D eigenvalue weighted by Gasteiger charge is 2.27. The summed E-state index contributed by atoms with van der Waals surface area (Å²) >= 11 is 3.37. The highest BCUT2D eigenvalue weighted by Crippen LogP contribution is 2.28. The van der Waals surface area contributed by atoms with E-state index < -0.39 is 0 Å². The van der Waals surface area contributed by atoms with Crippen LogP contribution < -0.4 is 10.5 Å². The first-order valence-electron chi connectivity index (χ1n) is 7.64. The summed E-state index contributed by atoms with van der Waals surface area (Å²) < 4.78 is 1.84. The van der Waals surface area contributed by atoms with Gasteiger partial charge in [0.05, 0.1) is 11.9 Å². The minimum Gasteiger partial charge on any atom is -0.369 e. The SMILES string of the molecule is Cn1ncc(N2CCC(C(=O)c3ccccc3)CC2)c(Br)c1=O. The number of carbonyl (C=O) groups is 1. The van der Waals surface area contributed by atoms with E-state index in [0.29, 0.717) is 4.47 Å². The van der Waals surface area contributed by atoms with Gasteiger partial charge in [-0.1, -0.05) is 30.3 Å². The Kier molecular flexibility index (Phi) is 4.61. The van der Waals surface area contributed by atoms with E-state index in [1.165, 1.54) is 4.68 Å². The van der Waals surface area contributed by atoms with Gasteiger partial charge in [0.1, 0.15) is 4.47 Å². The van der Waals surface area contributed by atoms with E-state index in [4.69, 9.17) is 0 Å². The molecule has 0 N–H and O–H groups in total. The van der Waals surface area contributed by atoms with Gasteiger partial charge in [-0.05, 0) is 28.8 Å². The maximum Gasteiger partial charge on any atom is 0.282 e. The third-order valence-corrected chi connectivity index (χ3v) is 5.07. The van der Waals surface area contributed by atoms with Crippen LogP contribution in [-0.2, 0) is 7.05 Å². The summed E-state index contributed by atoms with van der Waals surface area (Å²) in [6.45, 7) is 1.49. The second kappa shape index (κ2) is 6.66. The highest BCUT2D eigenvalue weighted by molar-refractivity contribution is 9.10. The Hall–Kier alpha value is -1.95. The van der Waals surface area contributed by atoms with Crippen molar-refractivity contribution in [1.82, 2.24) is 9.78 Å². The third kappa shape index (κ3) is 3.22. The van der Waals surface area contributed by atoms with Gasteiger partial charge in [-0.3, -0.25) is 9.59 Å². The van der Waals surface area contributed by atoms with Crippen molar-refractivity contribution in [3.63, 3.8) is 0 Å². The molecular weight excluding hydrogens is 358 g/mol. The lowest BCUT2D eigenvalue weighted by Crippen LogP contribution is -2.37. The average Bonchev–Trinajstić information content (AvgIpc) is 2.60. The molecule has 3 rings (SSSR count). The fourth-order valence-corrected chi connectivity index (χ4v) is 3.55. The van der Waals surface area contributed by atoms with Crippen molar-refractivity contribution in [2.45, 2.75) is 12.8 Å². The van der Waals surface area contributed by atoms with Crippen molar-refractivity contribution < 1.29 is 4.79 Å². The van der Waals surface area contributed by atoms with Gasteiger partial charge in [0, 0.05) is 31.6 Å². The number of rotatable bonds is 3. The molecule has 1 aliphatic rings. The lowest BCUT2D eigenvalue weighted by molar-refractivity contribution is 0.0900. The van der Waals surface area contributed by atoms with Gasteiger partial charge >= 0.3 is 0 Å². The number of aryl methyl sites for hydroxylation is 1. The first kappa shape index (κ1) is 15.9. The van der Waals surface area contributed by atoms with E-state index >= 15 is 0 Å². The molecular formula is C17H18BrN3O2. The minimum atomic E-state index is -0.148. The van der Waals surface area contributed by atoms with Gasteiger partial charge < -0.3 is 4.90 Å². The molecule has 0 radical (unpaired) electrons. The number of piperidine rings is 1. The molecule has 0 spiro atoms. The molecule has 0 bridgehead atoms. The molecule has 1 aromatic carbocycles. The molecule has 2 heterocycles. The van der Waals surface area contributed by atoms with Crippen molar-refractivity contribution in [3.8, 4) is 0 Å². The molecule has 0 saturated carbocycles. The first-order chi connectivity index (χ1) is 11.1. The monoisotopic (exact) mass is 375 g/mol. The fourth-order valence-electron chi connectivity index (χ4n) is 2.94. The zero-order valence-corrected chi connectivity index (χ0v) is 14.5. The normalized spacial score (nSPS) is 15.7. The third-order valence-electron chi connectivity index (χ3n) is 4.32. The van der Waals surface area contributed by atoms with Gasteiger partial charge in [0.2, 0.25) is 0 Å². The quantitative estimate of drug-likeness (QED) is 0.773. The topological polar surface area (TPSA) is 55.2 Å². The van der Waals surface area contributed by atoms with Gasteiger partial charge in [-0.15, -0.1) is 0 Å². The van der Waals surface area contributed by atoms with Crippen LogP contribution in [0.3, 0.4) is 0 Å². The number of hydrogen-bond donors (Lipinski definition) is 0. The van der Waals surface area contributed by atoms with Crippen molar-refractivity contribution in [2.24, 2.45) is 13.0 Å². The van der Waals surface area contributed by atoms with Gasteiger partial charge in [-0.2, -0.15) is 5.10 Å². The minimum absolute atomic E-state index is 0.0481. The number of nitrogens with zero attached hydrogens (tertiary/aromatic N) is 3. The van der Waals surface area contributed by atoms with E-state index in [2.05, 4.69) is 25.9 Å². The Balaban J connectivity index is 1.71. The van der Waals surface area contributed by atoms with Crippen LogP contribution in [-0.4, -0.2) is 28.7 Å². The summed E-state index contributed by atoms with van der Waals surface area (Å²) in [5.41, 5.74) is 1.44. The summed E-state index contributed by atoms with van der Waals surface area (Å²) in [6.07, 6.45) is 3.27. The Morgan fingerprint density at radius 1 is 1.22 bits per heavy atom. The molecule has 1 saturated heterocycles. The lowest BCUT2D eigenvalue weighted by Gasteiger charge is -2.33. The smallest absolute Gasteiger partial charge is 0.282 e. The molecule has 6 heteroatoms. The largest absolute Gasteiger partial charge is 0.369 e. The average molecular weight is 376 g/mol. The van der Waals surface area contributed by atoms with Gasteiger partial charge in [-0.25, -0.2) is 4.68 Å². The number of halogens is 1. The number of benzene rings is 1. The Labute approximate surface area is 143 Å². The molecule has 1 aliphatic heterocycles. The number of aromatic nitrogens is 2. The number of carbonyl (C=O) groups excluding carboxylic acids is 1. The second-order valence-electron chi connectivity index (χ2n) is 5.76. The van der Waals surface area contributed by atoms with Gasteiger partial charge in [0.25, 0.3) is 5.56 Å². The summed E-state index contributed by atoms with van der Waals surface area (Å²) in [5, 5.41) is 4.08. The van der Waals surface area contributed by atoms with E-state index in [0.717, 1.165) is 37.2 Å². The van der Waals surface area contributed by atoms with Crippen LogP contribution in [0.2, 0.25) is 0 Å². The van der Waals surface area contributed by atoms with Crippen LogP contribution in [0.25, 0.3) is 0 Å². The lowest BCUT2D eigenvalue weighted by atomic mass is 9.89. The summed E-state index contributed by atoms with van der Waals surface area (Å²) in [7, 11) is 1.63. The van der Waals surface area contributed by atoms with Crippen LogP contribution in [0.1, 0.15) is 23.2 Å². The molecule has 0 atom stereocenters. The van der Waals surface area contributed by atoms with Crippen LogP contribution in [0.4, 0.5) is 5.69 Å². The number of Topliss-reactive ketones (excluding diaryl/α,β-unsaturated/α-hetero) is 1. The predicted octanol–water partition coefficient (Wildman–Crippen LogP) is 2.64. The zero-order chi connectivity index (χ0) is 16.4. The van der Waals surface area contributed by atoms with Crippen LogP contribution in [0.15, 0.2) is 45.8 Å². The van der Waals surface area contributed by atoms with Crippen molar-refractivity contribution in [1.29, 1.82) is 0 Å². The summed E-state index contributed by atoms with van der Waals surface area (Å²) in [5.74, 6) is 0.262. The second-order valence-corrected chi connectivity index (χ2v) is 6.56. The Morgan fingerprint density at radius 3 is 2.52 bits per heavy atom. The molecule has 120 valence electrons. The Morgan fingerprint density at radius 2 is 1.87 bits per heavy atom.